The number of hydrogen-bond donors (Lipinski definition) is 4. The molecule has 4 N–H and O–H groups in total. The summed E-state index contributed by atoms with van der Waals surface area (Å²) >= 11 is 0. The lowest BCUT2D eigenvalue weighted by atomic mass is 10.0. The molecule has 0 aliphatic carbocycles. The number of hydrogen-bond acceptors (Lipinski definition) is 10. The van der Waals surface area contributed by atoms with E-state index < -0.39 is 35.7 Å². The van der Waals surface area contributed by atoms with Gasteiger partial charge in [0.1, 0.15) is 36.2 Å². The number of nitrogens with zero attached hydrogens (tertiary/aromatic N) is 4. The minimum absolute atomic E-state index is 0.0724. The van der Waals surface area contributed by atoms with E-state index in [1.54, 1.807) is 72.2 Å². The fourth-order valence-corrected chi connectivity index (χ4v) is 6.59. The number of rotatable bonds is 7. The topological polar surface area (TPSA) is 195 Å². The molecule has 0 unspecified atom stereocenters. The van der Waals surface area contributed by atoms with Gasteiger partial charge in [-0.05, 0) is 92.8 Å². The number of aryl methyl sites for hydroxylation is 1. The van der Waals surface area contributed by atoms with Crippen molar-refractivity contribution in [1.29, 1.82) is 0 Å². The standard InChI is InChI=1S/C44H48N8O8/c1-29-41(54)46-25-33-14-18-35(24-38(33)59-3)60-39-23-32(15-20-37(39)58-2)42(55)45-21-7-8-22-51(44(57)31-12-16-34(17-13-31)52-27-47-48-28-52)26-40(53)50-36(43(56)49-29)19-11-30-9-5-4-6-10-30/h4-6,9-10,12-18,20,23-24,27-29,36H,7-8,11,19,21-22,25-26H2,1-3H3,(H,45,55)(H,46,54)(H,49,56)(H,50,53)/t29-,36-/m0/s1. The first-order valence-electron chi connectivity index (χ1n) is 19.6. The summed E-state index contributed by atoms with van der Waals surface area (Å²) in [5.41, 5.74) is 3.03. The highest BCUT2D eigenvalue weighted by molar-refractivity contribution is 5.98. The maximum absolute atomic E-state index is 14.0. The van der Waals surface area contributed by atoms with Gasteiger partial charge in [0.2, 0.25) is 17.7 Å². The van der Waals surface area contributed by atoms with E-state index in [-0.39, 0.29) is 38.5 Å². The number of aromatic nitrogens is 3. The molecule has 3 heterocycles. The van der Waals surface area contributed by atoms with Gasteiger partial charge in [-0.15, -0.1) is 10.2 Å². The Kier molecular flexibility index (Phi) is 14.4. The second kappa shape index (κ2) is 20.5. The van der Waals surface area contributed by atoms with Crippen LogP contribution in [0.4, 0.5) is 0 Å². The van der Waals surface area contributed by atoms with Crippen LogP contribution >= 0.6 is 0 Å². The Hall–Kier alpha value is -7.23. The zero-order chi connectivity index (χ0) is 42.4. The molecule has 4 bridgehead atoms. The fourth-order valence-electron chi connectivity index (χ4n) is 6.59. The lowest BCUT2D eigenvalue weighted by molar-refractivity contribution is -0.132. The highest BCUT2D eigenvalue weighted by Gasteiger charge is 2.27. The molecule has 312 valence electrons. The maximum atomic E-state index is 14.0. The SMILES string of the molecule is COc1cc2ccc1CNC(=O)[C@H](C)NC(=O)[C@H](CCc1ccccc1)NC(=O)CN(C(=O)c1ccc(-n3cnnc3)cc1)CCCCNC(=O)c1ccc(OC)c(c1)O2. The lowest BCUT2D eigenvalue weighted by Gasteiger charge is -2.25. The molecule has 16 nitrogen and oxygen atoms in total. The van der Waals surface area contributed by atoms with Crippen LogP contribution in [0.25, 0.3) is 5.69 Å². The van der Waals surface area contributed by atoms with E-state index in [0.29, 0.717) is 59.0 Å². The van der Waals surface area contributed by atoms with Crippen molar-refractivity contribution < 1.29 is 38.2 Å². The zero-order valence-electron chi connectivity index (χ0n) is 33.7. The molecule has 0 fully saturated rings. The van der Waals surface area contributed by atoms with Crippen molar-refractivity contribution in [1.82, 2.24) is 40.9 Å². The van der Waals surface area contributed by atoms with Crippen molar-refractivity contribution in [3.8, 4) is 28.7 Å². The van der Waals surface area contributed by atoms with Crippen LogP contribution in [-0.2, 0) is 27.3 Å². The largest absolute Gasteiger partial charge is 0.496 e. The van der Waals surface area contributed by atoms with Crippen molar-refractivity contribution >= 4 is 29.5 Å². The third kappa shape index (κ3) is 11.2. The Labute approximate surface area is 347 Å². The molecule has 7 rings (SSSR count). The summed E-state index contributed by atoms with van der Waals surface area (Å²) in [6, 6.07) is 24.3. The first kappa shape index (κ1) is 42.4. The van der Waals surface area contributed by atoms with Crippen LogP contribution in [0, 0.1) is 0 Å². The van der Waals surface area contributed by atoms with Gasteiger partial charge in [0.15, 0.2) is 11.5 Å². The number of benzene rings is 4. The third-order valence-electron chi connectivity index (χ3n) is 9.93. The molecule has 2 aliphatic rings. The van der Waals surface area contributed by atoms with E-state index in [9.17, 15) is 24.0 Å². The summed E-state index contributed by atoms with van der Waals surface area (Å²) in [6.45, 7) is 1.74. The Morgan fingerprint density at radius 3 is 2.30 bits per heavy atom. The average Bonchev–Trinajstić information content (AvgIpc) is 3.82. The molecule has 16 heteroatoms. The van der Waals surface area contributed by atoms with Crippen LogP contribution in [0.2, 0.25) is 0 Å². The summed E-state index contributed by atoms with van der Waals surface area (Å²) in [6.07, 6.45) is 4.70. The predicted molar refractivity (Wildman–Crippen MR) is 221 cm³/mol. The molecule has 0 saturated heterocycles. The number of carbonyl (C=O) groups excluding carboxylic acids is 5. The van der Waals surface area contributed by atoms with Crippen LogP contribution in [0.1, 0.15) is 58.0 Å². The Morgan fingerprint density at radius 2 is 1.57 bits per heavy atom. The first-order valence-corrected chi connectivity index (χ1v) is 19.6. The average molecular weight is 817 g/mol. The van der Waals surface area contributed by atoms with E-state index >= 15 is 0 Å². The van der Waals surface area contributed by atoms with E-state index in [1.165, 1.54) is 31.8 Å². The first-order chi connectivity index (χ1) is 29.1. The van der Waals surface area contributed by atoms with Crippen molar-refractivity contribution in [3.05, 3.63) is 126 Å². The van der Waals surface area contributed by atoms with Gasteiger partial charge in [-0.1, -0.05) is 30.3 Å². The minimum Gasteiger partial charge on any atom is -0.496 e. The van der Waals surface area contributed by atoms with Gasteiger partial charge in [-0.2, -0.15) is 0 Å². The van der Waals surface area contributed by atoms with Crippen LogP contribution < -0.4 is 35.5 Å². The van der Waals surface area contributed by atoms with Crippen molar-refractivity contribution in [2.24, 2.45) is 0 Å². The van der Waals surface area contributed by atoms with Gasteiger partial charge in [0.05, 0.1) is 20.8 Å². The monoisotopic (exact) mass is 816 g/mol. The van der Waals surface area contributed by atoms with Gasteiger partial charge in [0.25, 0.3) is 11.8 Å². The molecule has 0 spiro atoms. The van der Waals surface area contributed by atoms with Gasteiger partial charge < -0.3 is 40.4 Å². The molecule has 0 saturated carbocycles. The van der Waals surface area contributed by atoms with Crippen LogP contribution in [0.15, 0.2) is 104 Å². The number of ether oxygens (including phenoxy) is 3. The van der Waals surface area contributed by atoms with E-state index in [4.69, 9.17) is 14.2 Å². The Morgan fingerprint density at radius 1 is 0.817 bits per heavy atom. The summed E-state index contributed by atoms with van der Waals surface area (Å²) in [7, 11) is 2.99. The predicted octanol–water partition coefficient (Wildman–Crippen LogP) is 3.98. The Balaban J connectivity index is 1.25. The quantitative estimate of drug-likeness (QED) is 0.175. The summed E-state index contributed by atoms with van der Waals surface area (Å²) in [5, 5.41) is 19.0. The number of methoxy groups -OCH3 is 2. The van der Waals surface area contributed by atoms with E-state index in [1.807, 2.05) is 30.3 Å². The highest BCUT2D eigenvalue weighted by atomic mass is 16.5. The van der Waals surface area contributed by atoms with Crippen molar-refractivity contribution in [2.45, 2.75) is 51.2 Å². The van der Waals surface area contributed by atoms with Crippen LogP contribution in [-0.4, -0.2) is 95.1 Å². The van der Waals surface area contributed by atoms with Gasteiger partial charge >= 0.3 is 0 Å². The van der Waals surface area contributed by atoms with Crippen molar-refractivity contribution in [3.63, 3.8) is 0 Å². The molecule has 5 aromatic rings. The molecule has 4 aromatic carbocycles. The summed E-state index contributed by atoms with van der Waals surface area (Å²) in [4.78, 5) is 69.6. The van der Waals surface area contributed by atoms with Gasteiger partial charge in [0, 0.05) is 48.1 Å². The molecule has 60 heavy (non-hydrogen) atoms. The minimum atomic E-state index is -1.03. The van der Waals surface area contributed by atoms with E-state index in [0.717, 1.165) is 11.3 Å². The van der Waals surface area contributed by atoms with Gasteiger partial charge in [-0.3, -0.25) is 28.5 Å². The second-order valence-corrected chi connectivity index (χ2v) is 14.1. The second-order valence-electron chi connectivity index (χ2n) is 14.1. The molecule has 2 aliphatic heterocycles. The van der Waals surface area contributed by atoms with Gasteiger partial charge in [-0.25, -0.2) is 0 Å². The zero-order valence-corrected chi connectivity index (χ0v) is 33.7. The molecular weight excluding hydrogens is 769 g/mol. The maximum Gasteiger partial charge on any atom is 0.254 e. The molecular formula is C44H48N8O8. The van der Waals surface area contributed by atoms with Crippen LogP contribution in [0.3, 0.4) is 0 Å². The summed E-state index contributed by atoms with van der Waals surface area (Å²) in [5.74, 6) is -0.768. The molecule has 0 radical (unpaired) electrons. The fraction of sp³-hybridized carbons (Fsp3) is 0.295. The smallest absolute Gasteiger partial charge is 0.254 e. The highest BCUT2D eigenvalue weighted by Crippen LogP contribution is 2.35. The molecule has 2 atom stereocenters. The summed E-state index contributed by atoms with van der Waals surface area (Å²) < 4.78 is 18.9. The lowest BCUT2D eigenvalue weighted by Crippen LogP contribution is -2.54. The van der Waals surface area contributed by atoms with Crippen molar-refractivity contribution in [2.75, 3.05) is 33.9 Å². The number of carbonyl (C=O) groups is 5. The van der Waals surface area contributed by atoms with E-state index in [2.05, 4.69) is 31.5 Å². The number of nitrogens with one attached hydrogen (secondary N) is 4. The third-order valence-corrected chi connectivity index (χ3v) is 9.93. The number of amides is 5. The Bertz CT molecular complexity index is 2270. The molecule has 1 aromatic heterocycles. The number of fused-ring (bicyclic) bond motifs is 18. The molecule has 5 amide bonds. The normalized spacial score (nSPS) is 17.1. The van der Waals surface area contributed by atoms with Crippen LogP contribution in [0.5, 0.6) is 23.0 Å².